The van der Waals surface area contributed by atoms with Gasteiger partial charge >= 0.3 is 0 Å². The maximum absolute atomic E-state index is 13.1. The van der Waals surface area contributed by atoms with Crippen molar-refractivity contribution in [1.82, 2.24) is 29.9 Å². The van der Waals surface area contributed by atoms with E-state index in [0.29, 0.717) is 29.0 Å². The quantitative estimate of drug-likeness (QED) is 0.411. The molecule has 4 aromatic rings. The summed E-state index contributed by atoms with van der Waals surface area (Å²) in [6, 6.07) is 3.60. The maximum atomic E-state index is 13.1. The molecule has 2 aliphatic rings. The zero-order valence-electron chi connectivity index (χ0n) is 18.0. The van der Waals surface area contributed by atoms with Crippen molar-refractivity contribution >= 4 is 28.4 Å². The summed E-state index contributed by atoms with van der Waals surface area (Å²) in [5.41, 5.74) is 3.45. The van der Waals surface area contributed by atoms with Crippen molar-refractivity contribution in [3.8, 4) is 11.1 Å². The van der Waals surface area contributed by atoms with Gasteiger partial charge in [0.25, 0.3) is 11.8 Å². The monoisotopic (exact) mass is 451 g/mol. The molecule has 0 aliphatic heterocycles. The van der Waals surface area contributed by atoms with Gasteiger partial charge in [0.1, 0.15) is 5.65 Å². The molecule has 4 heterocycles. The number of anilines is 1. The molecule has 2 saturated carbocycles. The average molecular weight is 451 g/mol. The highest BCUT2D eigenvalue weighted by molar-refractivity contribution is 6.02. The van der Waals surface area contributed by atoms with Crippen LogP contribution in [0.5, 0.6) is 0 Å². The Morgan fingerprint density at radius 2 is 2.12 bits per heavy atom. The summed E-state index contributed by atoms with van der Waals surface area (Å²) in [5.74, 6) is -1.79. The fraction of sp³-hybridized carbons (Fsp3) is 0.391. The van der Waals surface area contributed by atoms with Crippen LogP contribution in [0, 0.1) is 5.92 Å². The number of nitrogens with one attached hydrogen (secondary N) is 3. The molecule has 2 fully saturated rings. The Balaban J connectivity index is 1.28. The van der Waals surface area contributed by atoms with Crippen LogP contribution >= 0.6 is 0 Å². The predicted octanol–water partition coefficient (Wildman–Crippen LogP) is 4.01. The lowest BCUT2D eigenvalue weighted by Crippen LogP contribution is -2.50. The molecule has 1 atom stereocenters. The second-order valence-electron chi connectivity index (χ2n) is 9.17. The van der Waals surface area contributed by atoms with Gasteiger partial charge in [0.2, 0.25) is 5.95 Å². The molecule has 170 valence electrons. The molecule has 0 radical (unpaired) electrons. The number of aromatic nitrogens is 5. The summed E-state index contributed by atoms with van der Waals surface area (Å²) >= 11 is 0. The highest BCUT2D eigenvalue weighted by Gasteiger charge is 2.46. The van der Waals surface area contributed by atoms with Gasteiger partial charge in [-0.2, -0.15) is 10.1 Å². The van der Waals surface area contributed by atoms with E-state index in [4.69, 9.17) is 0 Å². The SMILES string of the molecule is C[C@@H](Nc1ncc2c(-c3ccn4ncc(C(=O)NC5CC(F)(F)C5)c4c3)c[nH]c2n1)C1CC1. The molecule has 10 heteroatoms. The summed E-state index contributed by atoms with van der Waals surface area (Å²) in [6.07, 6.45) is 8.73. The highest BCUT2D eigenvalue weighted by Crippen LogP contribution is 2.38. The number of amides is 1. The standard InChI is InChI=1S/C23H23F2N7O/c1-12(13-2-3-13)29-22-27-10-17-16(9-26-20(17)31-22)14-4-5-32-19(6-14)18(11-28-32)21(33)30-15-7-23(24,25)8-15/h4-6,9-13,15H,2-3,7-8H2,1H3,(H,30,33)(H2,26,27,29,31)/t12-/m1/s1. The first kappa shape index (κ1) is 20.1. The smallest absolute Gasteiger partial charge is 0.255 e. The topological polar surface area (TPSA) is 100 Å². The van der Waals surface area contributed by atoms with Gasteiger partial charge < -0.3 is 15.6 Å². The number of aromatic amines is 1. The van der Waals surface area contributed by atoms with Crippen molar-refractivity contribution in [2.75, 3.05) is 5.32 Å². The predicted molar refractivity (Wildman–Crippen MR) is 119 cm³/mol. The average Bonchev–Trinajstić information content (AvgIpc) is 3.40. The normalized spacial score (nSPS) is 18.9. The van der Waals surface area contributed by atoms with Gasteiger partial charge in [0.15, 0.2) is 0 Å². The molecule has 0 unspecified atom stereocenters. The van der Waals surface area contributed by atoms with E-state index in [1.54, 1.807) is 16.9 Å². The van der Waals surface area contributed by atoms with E-state index in [-0.39, 0.29) is 12.8 Å². The van der Waals surface area contributed by atoms with Crippen LogP contribution in [0.25, 0.3) is 27.7 Å². The van der Waals surface area contributed by atoms with Gasteiger partial charge in [0.05, 0.1) is 17.3 Å². The Morgan fingerprint density at radius 3 is 2.88 bits per heavy atom. The Morgan fingerprint density at radius 1 is 1.30 bits per heavy atom. The summed E-state index contributed by atoms with van der Waals surface area (Å²) in [6.45, 7) is 2.15. The van der Waals surface area contributed by atoms with Crippen molar-refractivity contribution in [2.24, 2.45) is 5.92 Å². The van der Waals surface area contributed by atoms with Crippen molar-refractivity contribution in [3.05, 3.63) is 42.5 Å². The van der Waals surface area contributed by atoms with Gasteiger partial charge in [-0.3, -0.25) is 4.79 Å². The summed E-state index contributed by atoms with van der Waals surface area (Å²) in [7, 11) is 0. The van der Waals surface area contributed by atoms with E-state index < -0.39 is 17.9 Å². The summed E-state index contributed by atoms with van der Waals surface area (Å²) in [5, 5.41) is 11.1. The zero-order valence-corrected chi connectivity index (χ0v) is 18.0. The molecule has 6 rings (SSSR count). The van der Waals surface area contributed by atoms with Crippen molar-refractivity contribution in [3.63, 3.8) is 0 Å². The van der Waals surface area contributed by atoms with Crippen LogP contribution < -0.4 is 10.6 Å². The fourth-order valence-corrected chi connectivity index (χ4v) is 4.48. The van der Waals surface area contributed by atoms with Crippen molar-refractivity contribution in [1.29, 1.82) is 0 Å². The molecule has 3 N–H and O–H groups in total. The van der Waals surface area contributed by atoms with E-state index in [9.17, 15) is 13.6 Å². The molecule has 2 aliphatic carbocycles. The summed E-state index contributed by atoms with van der Waals surface area (Å²) < 4.78 is 27.8. The van der Waals surface area contributed by atoms with Crippen LogP contribution in [0.4, 0.5) is 14.7 Å². The second-order valence-corrected chi connectivity index (χ2v) is 9.17. The second kappa shape index (κ2) is 7.23. The van der Waals surface area contributed by atoms with Crippen LogP contribution in [0.1, 0.15) is 43.0 Å². The number of hydrogen-bond donors (Lipinski definition) is 3. The molecular formula is C23H23F2N7O. The molecule has 0 spiro atoms. The number of pyridine rings is 1. The van der Waals surface area contributed by atoms with E-state index in [1.807, 2.05) is 18.3 Å². The maximum Gasteiger partial charge on any atom is 0.255 e. The van der Waals surface area contributed by atoms with Crippen molar-refractivity contribution in [2.45, 2.75) is 50.6 Å². The number of H-pyrrole nitrogens is 1. The molecule has 0 aromatic carbocycles. The number of alkyl halides is 2. The number of fused-ring (bicyclic) bond motifs is 2. The lowest BCUT2D eigenvalue weighted by molar-refractivity contribution is -0.0901. The first-order valence-corrected chi connectivity index (χ1v) is 11.1. The molecule has 0 bridgehead atoms. The van der Waals surface area contributed by atoms with Crippen LogP contribution in [0.3, 0.4) is 0 Å². The third kappa shape index (κ3) is 3.69. The van der Waals surface area contributed by atoms with E-state index in [2.05, 4.69) is 37.6 Å². The summed E-state index contributed by atoms with van der Waals surface area (Å²) in [4.78, 5) is 25.0. The third-order valence-corrected chi connectivity index (χ3v) is 6.62. The van der Waals surface area contributed by atoms with Crippen LogP contribution in [0.2, 0.25) is 0 Å². The molecule has 4 aromatic heterocycles. The Hall–Kier alpha value is -3.56. The van der Waals surface area contributed by atoms with Gasteiger partial charge in [-0.05, 0) is 43.4 Å². The first-order chi connectivity index (χ1) is 15.9. The van der Waals surface area contributed by atoms with E-state index in [0.717, 1.165) is 22.2 Å². The van der Waals surface area contributed by atoms with Gasteiger partial charge in [-0.1, -0.05) is 0 Å². The third-order valence-electron chi connectivity index (χ3n) is 6.62. The van der Waals surface area contributed by atoms with Crippen LogP contribution in [-0.2, 0) is 0 Å². The number of carbonyl (C=O) groups is 1. The Bertz CT molecular complexity index is 1370. The first-order valence-electron chi connectivity index (χ1n) is 11.1. The molecule has 1 amide bonds. The molecule has 8 nitrogen and oxygen atoms in total. The lowest BCUT2D eigenvalue weighted by atomic mass is 9.88. The number of halogens is 2. The minimum Gasteiger partial charge on any atom is -0.351 e. The van der Waals surface area contributed by atoms with E-state index in [1.165, 1.54) is 19.0 Å². The van der Waals surface area contributed by atoms with Gasteiger partial charge in [-0.15, -0.1) is 0 Å². The fourth-order valence-electron chi connectivity index (χ4n) is 4.48. The van der Waals surface area contributed by atoms with Gasteiger partial charge in [-0.25, -0.2) is 18.3 Å². The van der Waals surface area contributed by atoms with Crippen LogP contribution in [0.15, 0.2) is 36.9 Å². The Kier molecular flexibility index (Phi) is 4.40. The number of carbonyl (C=O) groups excluding carboxylic acids is 1. The molecule has 33 heavy (non-hydrogen) atoms. The largest absolute Gasteiger partial charge is 0.351 e. The molecular weight excluding hydrogens is 428 g/mol. The number of nitrogens with zero attached hydrogens (tertiary/aromatic N) is 4. The van der Waals surface area contributed by atoms with E-state index >= 15 is 0 Å². The Labute approximate surface area is 187 Å². The molecule has 0 saturated heterocycles. The lowest BCUT2D eigenvalue weighted by Gasteiger charge is -2.35. The zero-order chi connectivity index (χ0) is 22.7. The van der Waals surface area contributed by atoms with Crippen LogP contribution in [-0.4, -0.2) is 48.5 Å². The van der Waals surface area contributed by atoms with Gasteiger partial charge in [0, 0.05) is 54.5 Å². The van der Waals surface area contributed by atoms with Crippen molar-refractivity contribution < 1.29 is 13.6 Å². The minimum absolute atomic E-state index is 0.325. The number of rotatable bonds is 6. The highest BCUT2D eigenvalue weighted by atomic mass is 19.3. The number of hydrogen-bond acceptors (Lipinski definition) is 5. The minimum atomic E-state index is -2.69.